The van der Waals surface area contributed by atoms with Crippen molar-refractivity contribution in [3.63, 3.8) is 0 Å². The van der Waals surface area contributed by atoms with Crippen LogP contribution in [0.25, 0.3) is 0 Å². The average molecular weight is 259 g/mol. The van der Waals surface area contributed by atoms with Gasteiger partial charge in [-0.2, -0.15) is 4.37 Å². The van der Waals surface area contributed by atoms with E-state index in [1.165, 1.54) is 35.5 Å². The largest absolute Gasteiger partial charge is 0.356 e. The summed E-state index contributed by atoms with van der Waals surface area (Å²) in [7, 11) is 0. The van der Waals surface area contributed by atoms with E-state index in [0.29, 0.717) is 5.92 Å². The van der Waals surface area contributed by atoms with Crippen LogP contribution in [-0.2, 0) is 13.0 Å². The zero-order valence-corrected chi connectivity index (χ0v) is 11.3. The van der Waals surface area contributed by atoms with E-state index in [-0.39, 0.29) is 0 Å². The standard InChI is InChI=1S/C14H17N3S/c1-2-10-5-3-4-6-12(10)9-15-14-16-13(17-18-14)11-7-8-11/h3-6,11H,2,7-9H2,1H3,(H,15,16,17). The number of benzene rings is 1. The minimum atomic E-state index is 0.639. The lowest BCUT2D eigenvalue weighted by molar-refractivity contribution is 0.976. The van der Waals surface area contributed by atoms with Crippen molar-refractivity contribution in [1.29, 1.82) is 0 Å². The van der Waals surface area contributed by atoms with Crippen LogP contribution in [-0.4, -0.2) is 9.36 Å². The Morgan fingerprint density at radius 2 is 2.06 bits per heavy atom. The lowest BCUT2D eigenvalue weighted by Gasteiger charge is -2.07. The molecule has 3 nitrogen and oxygen atoms in total. The van der Waals surface area contributed by atoms with Crippen molar-refractivity contribution in [1.82, 2.24) is 9.36 Å². The Morgan fingerprint density at radius 3 is 2.78 bits per heavy atom. The summed E-state index contributed by atoms with van der Waals surface area (Å²) in [6.45, 7) is 3.03. The zero-order valence-electron chi connectivity index (χ0n) is 10.5. The van der Waals surface area contributed by atoms with Gasteiger partial charge in [0.1, 0.15) is 5.82 Å². The maximum atomic E-state index is 4.54. The molecule has 0 saturated heterocycles. The molecule has 0 radical (unpaired) electrons. The summed E-state index contributed by atoms with van der Waals surface area (Å²) in [6.07, 6.45) is 3.59. The Labute approximate surface area is 111 Å². The molecule has 0 unspecified atom stereocenters. The lowest BCUT2D eigenvalue weighted by atomic mass is 10.1. The van der Waals surface area contributed by atoms with E-state index in [4.69, 9.17) is 0 Å². The second-order valence-corrected chi connectivity index (χ2v) is 5.46. The molecule has 1 aromatic carbocycles. The molecule has 1 aliphatic rings. The fourth-order valence-corrected chi connectivity index (χ4v) is 2.70. The van der Waals surface area contributed by atoms with E-state index in [1.54, 1.807) is 0 Å². The highest BCUT2D eigenvalue weighted by Gasteiger charge is 2.27. The summed E-state index contributed by atoms with van der Waals surface area (Å²) >= 11 is 1.48. The Bertz CT molecular complexity index is 531. The topological polar surface area (TPSA) is 37.8 Å². The van der Waals surface area contributed by atoms with E-state index >= 15 is 0 Å². The second kappa shape index (κ2) is 5.06. The molecular formula is C14H17N3S. The van der Waals surface area contributed by atoms with Crippen LogP contribution in [0.1, 0.15) is 42.6 Å². The molecule has 1 heterocycles. The first kappa shape index (κ1) is 11.7. The molecule has 1 fully saturated rings. The average Bonchev–Trinajstić information content (AvgIpc) is 3.16. The third-order valence-electron chi connectivity index (χ3n) is 3.31. The van der Waals surface area contributed by atoms with Gasteiger partial charge in [0, 0.05) is 24.0 Å². The molecule has 1 N–H and O–H groups in total. The molecule has 0 amide bonds. The number of anilines is 1. The fourth-order valence-electron chi connectivity index (χ4n) is 2.06. The summed E-state index contributed by atoms with van der Waals surface area (Å²) < 4.78 is 4.40. The molecule has 0 bridgehead atoms. The second-order valence-electron chi connectivity index (χ2n) is 4.71. The van der Waals surface area contributed by atoms with Gasteiger partial charge in [0.15, 0.2) is 0 Å². The Kier molecular flexibility index (Phi) is 3.28. The first-order valence-corrected chi connectivity index (χ1v) is 7.28. The van der Waals surface area contributed by atoms with Gasteiger partial charge in [-0.15, -0.1) is 0 Å². The zero-order chi connectivity index (χ0) is 12.4. The smallest absolute Gasteiger partial charge is 0.202 e. The van der Waals surface area contributed by atoms with Crippen molar-refractivity contribution < 1.29 is 0 Å². The van der Waals surface area contributed by atoms with Gasteiger partial charge >= 0.3 is 0 Å². The first-order chi connectivity index (χ1) is 8.86. The molecule has 3 rings (SSSR count). The van der Waals surface area contributed by atoms with Gasteiger partial charge in [-0.25, -0.2) is 4.98 Å². The van der Waals surface area contributed by atoms with E-state index in [0.717, 1.165) is 23.9 Å². The normalized spacial score (nSPS) is 14.7. The van der Waals surface area contributed by atoms with E-state index in [1.807, 2.05) is 0 Å². The number of rotatable bonds is 5. The number of hydrogen-bond acceptors (Lipinski definition) is 4. The molecule has 1 aliphatic carbocycles. The van der Waals surface area contributed by atoms with Crippen LogP contribution in [0.5, 0.6) is 0 Å². The summed E-state index contributed by atoms with van der Waals surface area (Å²) in [5, 5.41) is 4.33. The Morgan fingerprint density at radius 1 is 1.28 bits per heavy atom. The highest BCUT2D eigenvalue weighted by Crippen LogP contribution is 2.39. The van der Waals surface area contributed by atoms with Gasteiger partial charge in [-0.3, -0.25) is 0 Å². The van der Waals surface area contributed by atoms with Crippen LogP contribution >= 0.6 is 11.5 Å². The molecule has 0 aliphatic heterocycles. The van der Waals surface area contributed by atoms with E-state index in [9.17, 15) is 0 Å². The Balaban J connectivity index is 1.65. The minimum Gasteiger partial charge on any atom is -0.356 e. The van der Waals surface area contributed by atoms with Crippen molar-refractivity contribution in [2.75, 3.05) is 5.32 Å². The molecular weight excluding hydrogens is 242 g/mol. The van der Waals surface area contributed by atoms with Gasteiger partial charge in [-0.05, 0) is 30.4 Å². The summed E-state index contributed by atoms with van der Waals surface area (Å²) in [5.74, 6) is 1.67. The van der Waals surface area contributed by atoms with Crippen LogP contribution in [0.15, 0.2) is 24.3 Å². The third kappa shape index (κ3) is 2.53. The van der Waals surface area contributed by atoms with Crippen molar-refractivity contribution in [2.45, 2.75) is 38.6 Å². The van der Waals surface area contributed by atoms with Crippen LogP contribution in [0.3, 0.4) is 0 Å². The summed E-state index contributed by atoms with van der Waals surface area (Å²) in [4.78, 5) is 4.54. The van der Waals surface area contributed by atoms with Crippen molar-refractivity contribution in [2.24, 2.45) is 0 Å². The molecule has 2 aromatic rings. The molecule has 1 aromatic heterocycles. The first-order valence-electron chi connectivity index (χ1n) is 6.51. The van der Waals surface area contributed by atoms with Crippen LogP contribution < -0.4 is 5.32 Å². The van der Waals surface area contributed by atoms with Crippen LogP contribution in [0, 0.1) is 0 Å². The SMILES string of the molecule is CCc1ccccc1CNc1nc(C2CC2)ns1. The van der Waals surface area contributed by atoms with Crippen molar-refractivity contribution in [3.8, 4) is 0 Å². The van der Waals surface area contributed by atoms with Gasteiger partial charge < -0.3 is 5.32 Å². The quantitative estimate of drug-likeness (QED) is 0.891. The predicted octanol–water partition coefficient (Wildman–Crippen LogP) is 3.59. The van der Waals surface area contributed by atoms with Gasteiger partial charge in [0.2, 0.25) is 5.13 Å². The number of nitrogens with zero attached hydrogens (tertiary/aromatic N) is 2. The van der Waals surface area contributed by atoms with Gasteiger partial charge in [0.05, 0.1) is 0 Å². The van der Waals surface area contributed by atoms with E-state index in [2.05, 4.69) is 45.9 Å². The van der Waals surface area contributed by atoms with Crippen molar-refractivity contribution >= 4 is 16.7 Å². The van der Waals surface area contributed by atoms with Gasteiger partial charge in [-0.1, -0.05) is 31.2 Å². The highest BCUT2D eigenvalue weighted by atomic mass is 32.1. The highest BCUT2D eigenvalue weighted by molar-refractivity contribution is 7.09. The number of hydrogen-bond donors (Lipinski definition) is 1. The molecule has 18 heavy (non-hydrogen) atoms. The molecule has 0 atom stereocenters. The van der Waals surface area contributed by atoms with Gasteiger partial charge in [0.25, 0.3) is 0 Å². The van der Waals surface area contributed by atoms with Crippen LogP contribution in [0.2, 0.25) is 0 Å². The summed E-state index contributed by atoms with van der Waals surface area (Å²) in [5.41, 5.74) is 2.75. The monoisotopic (exact) mass is 259 g/mol. The third-order valence-corrected chi connectivity index (χ3v) is 4.00. The Hall–Kier alpha value is -1.42. The maximum Gasteiger partial charge on any atom is 0.202 e. The number of aryl methyl sites for hydroxylation is 1. The lowest BCUT2D eigenvalue weighted by Crippen LogP contribution is -2.02. The fraction of sp³-hybridized carbons (Fsp3) is 0.429. The molecule has 1 saturated carbocycles. The van der Waals surface area contributed by atoms with Crippen molar-refractivity contribution in [3.05, 3.63) is 41.2 Å². The molecule has 0 spiro atoms. The minimum absolute atomic E-state index is 0.639. The van der Waals surface area contributed by atoms with Crippen LogP contribution in [0.4, 0.5) is 5.13 Å². The van der Waals surface area contributed by atoms with E-state index < -0.39 is 0 Å². The molecule has 94 valence electrons. The maximum absolute atomic E-state index is 4.54. The number of aromatic nitrogens is 2. The summed E-state index contributed by atoms with van der Waals surface area (Å²) in [6, 6.07) is 8.55. The molecule has 4 heteroatoms. The predicted molar refractivity (Wildman–Crippen MR) is 75.0 cm³/mol. The number of nitrogens with one attached hydrogen (secondary N) is 1.